The van der Waals surface area contributed by atoms with Crippen molar-refractivity contribution >= 4 is 5.91 Å². The lowest BCUT2D eigenvalue weighted by Gasteiger charge is -2.38. The Balaban J connectivity index is 1.61. The quantitative estimate of drug-likeness (QED) is 0.878. The second kappa shape index (κ2) is 7.13. The first kappa shape index (κ1) is 17.3. The van der Waals surface area contributed by atoms with Crippen LogP contribution in [0.2, 0.25) is 0 Å². The molecule has 3 rings (SSSR count). The Morgan fingerprint density at radius 1 is 1.08 bits per heavy atom. The van der Waals surface area contributed by atoms with E-state index >= 15 is 0 Å². The second-order valence-electron chi connectivity index (χ2n) is 6.86. The molecule has 1 N–H and O–H groups in total. The molecule has 1 saturated carbocycles. The van der Waals surface area contributed by atoms with E-state index in [0.29, 0.717) is 19.1 Å². The summed E-state index contributed by atoms with van der Waals surface area (Å²) in [4.78, 5) is 15.8. The van der Waals surface area contributed by atoms with Crippen LogP contribution in [0.4, 0.5) is 13.2 Å². The third-order valence-corrected chi connectivity index (χ3v) is 5.31. The summed E-state index contributed by atoms with van der Waals surface area (Å²) in [6.07, 6.45) is 2.01. The average molecular weight is 341 g/mol. The third-order valence-electron chi connectivity index (χ3n) is 5.31. The molecule has 1 aromatic carbocycles. The van der Waals surface area contributed by atoms with Gasteiger partial charge in [-0.3, -0.25) is 4.79 Å². The Labute approximate surface area is 140 Å². The van der Waals surface area contributed by atoms with Crippen LogP contribution in [-0.4, -0.2) is 43.0 Å². The SMILES string of the molecule is O=C(c1cccc(C(F)(F)F)c1)N1CC[NH+](C2CCCCC2)CC1. The third kappa shape index (κ3) is 3.91. The molecule has 2 fully saturated rings. The monoisotopic (exact) mass is 341 g/mol. The molecule has 1 aliphatic carbocycles. The van der Waals surface area contributed by atoms with Gasteiger partial charge in [0.2, 0.25) is 0 Å². The van der Waals surface area contributed by atoms with Gasteiger partial charge in [-0.25, -0.2) is 0 Å². The number of rotatable bonds is 2. The van der Waals surface area contributed by atoms with Gasteiger partial charge in [-0.05, 0) is 43.9 Å². The van der Waals surface area contributed by atoms with Crippen molar-refractivity contribution in [3.63, 3.8) is 0 Å². The van der Waals surface area contributed by atoms with Crippen molar-refractivity contribution in [1.82, 2.24) is 4.90 Å². The number of alkyl halides is 3. The number of nitrogens with one attached hydrogen (secondary N) is 1. The molecule has 2 aliphatic rings. The van der Waals surface area contributed by atoms with Crippen LogP contribution in [0.3, 0.4) is 0 Å². The zero-order valence-electron chi connectivity index (χ0n) is 13.7. The van der Waals surface area contributed by atoms with Crippen molar-refractivity contribution in [3.8, 4) is 0 Å². The lowest BCUT2D eigenvalue weighted by molar-refractivity contribution is -0.930. The summed E-state index contributed by atoms with van der Waals surface area (Å²) in [7, 11) is 0. The van der Waals surface area contributed by atoms with E-state index in [2.05, 4.69) is 0 Å². The number of nitrogens with zero attached hydrogens (tertiary/aromatic N) is 1. The van der Waals surface area contributed by atoms with Crippen LogP contribution in [0.1, 0.15) is 48.0 Å². The molecule has 0 spiro atoms. The maximum Gasteiger partial charge on any atom is 0.416 e. The van der Waals surface area contributed by atoms with Crippen LogP contribution >= 0.6 is 0 Å². The zero-order chi connectivity index (χ0) is 17.2. The highest BCUT2D eigenvalue weighted by atomic mass is 19.4. The lowest BCUT2D eigenvalue weighted by atomic mass is 9.94. The van der Waals surface area contributed by atoms with Gasteiger partial charge in [0.15, 0.2) is 0 Å². The van der Waals surface area contributed by atoms with Crippen molar-refractivity contribution in [2.75, 3.05) is 26.2 Å². The molecule has 1 amide bonds. The Morgan fingerprint density at radius 3 is 2.38 bits per heavy atom. The van der Waals surface area contributed by atoms with Gasteiger partial charge in [-0.1, -0.05) is 12.5 Å². The number of carbonyl (C=O) groups excluding carboxylic acids is 1. The fourth-order valence-electron chi connectivity index (χ4n) is 3.93. The normalized spacial score (nSPS) is 21.0. The van der Waals surface area contributed by atoms with E-state index in [9.17, 15) is 18.0 Å². The van der Waals surface area contributed by atoms with Crippen LogP contribution in [-0.2, 0) is 6.18 Å². The summed E-state index contributed by atoms with van der Waals surface area (Å²) >= 11 is 0. The van der Waals surface area contributed by atoms with Gasteiger partial charge in [0.25, 0.3) is 5.91 Å². The molecular weight excluding hydrogens is 317 g/mol. The van der Waals surface area contributed by atoms with Gasteiger partial charge in [0.1, 0.15) is 0 Å². The number of carbonyl (C=O) groups is 1. The molecule has 6 heteroatoms. The topological polar surface area (TPSA) is 24.8 Å². The molecule has 1 aliphatic heterocycles. The van der Waals surface area contributed by atoms with E-state index in [-0.39, 0.29) is 11.5 Å². The predicted molar refractivity (Wildman–Crippen MR) is 84.9 cm³/mol. The fraction of sp³-hybridized carbons (Fsp3) is 0.611. The lowest BCUT2D eigenvalue weighted by Crippen LogP contribution is -3.18. The van der Waals surface area contributed by atoms with E-state index < -0.39 is 11.7 Å². The van der Waals surface area contributed by atoms with E-state index in [4.69, 9.17) is 0 Å². The fourth-order valence-corrected chi connectivity index (χ4v) is 3.93. The molecule has 0 radical (unpaired) electrons. The number of halogens is 3. The Hall–Kier alpha value is -1.56. The zero-order valence-corrected chi connectivity index (χ0v) is 13.7. The molecular formula is C18H24F3N2O+. The van der Waals surface area contributed by atoms with E-state index in [0.717, 1.165) is 25.2 Å². The second-order valence-corrected chi connectivity index (χ2v) is 6.86. The predicted octanol–water partition coefficient (Wildman–Crippen LogP) is 2.38. The number of amides is 1. The van der Waals surface area contributed by atoms with Gasteiger partial charge in [0.05, 0.1) is 37.8 Å². The molecule has 24 heavy (non-hydrogen) atoms. The highest BCUT2D eigenvalue weighted by Crippen LogP contribution is 2.29. The molecule has 0 atom stereocenters. The van der Waals surface area contributed by atoms with Crippen molar-refractivity contribution in [2.24, 2.45) is 0 Å². The Morgan fingerprint density at radius 2 is 1.75 bits per heavy atom. The number of quaternary nitrogens is 1. The molecule has 1 saturated heterocycles. The maximum absolute atomic E-state index is 12.8. The number of hydrogen-bond acceptors (Lipinski definition) is 1. The van der Waals surface area contributed by atoms with Crippen molar-refractivity contribution in [1.29, 1.82) is 0 Å². The number of piperazine rings is 1. The highest BCUT2D eigenvalue weighted by Gasteiger charge is 2.33. The number of benzene rings is 1. The first-order chi connectivity index (χ1) is 11.4. The maximum atomic E-state index is 12.8. The van der Waals surface area contributed by atoms with Crippen LogP contribution in [0.25, 0.3) is 0 Å². The van der Waals surface area contributed by atoms with Crippen molar-refractivity contribution in [3.05, 3.63) is 35.4 Å². The minimum atomic E-state index is -4.42. The summed E-state index contributed by atoms with van der Waals surface area (Å²) in [6, 6.07) is 5.44. The Kier molecular flexibility index (Phi) is 5.13. The van der Waals surface area contributed by atoms with Gasteiger partial charge in [0, 0.05) is 5.56 Å². The van der Waals surface area contributed by atoms with E-state index in [1.807, 2.05) is 0 Å². The van der Waals surface area contributed by atoms with Crippen LogP contribution < -0.4 is 4.90 Å². The van der Waals surface area contributed by atoms with Crippen LogP contribution in [0.15, 0.2) is 24.3 Å². The molecule has 1 aromatic rings. The van der Waals surface area contributed by atoms with Gasteiger partial charge < -0.3 is 9.80 Å². The van der Waals surface area contributed by atoms with E-state index in [1.54, 1.807) is 9.80 Å². The summed E-state index contributed by atoms with van der Waals surface area (Å²) in [5.74, 6) is -0.288. The molecule has 1 heterocycles. The molecule has 132 valence electrons. The largest absolute Gasteiger partial charge is 0.416 e. The van der Waals surface area contributed by atoms with E-state index in [1.165, 1.54) is 44.2 Å². The minimum absolute atomic E-state index is 0.131. The summed E-state index contributed by atoms with van der Waals surface area (Å²) in [6.45, 7) is 3.05. The summed E-state index contributed by atoms with van der Waals surface area (Å²) in [5.41, 5.74) is -0.634. The minimum Gasteiger partial charge on any atom is -0.330 e. The van der Waals surface area contributed by atoms with Crippen LogP contribution in [0, 0.1) is 0 Å². The first-order valence-electron chi connectivity index (χ1n) is 8.76. The van der Waals surface area contributed by atoms with Crippen LogP contribution in [0.5, 0.6) is 0 Å². The van der Waals surface area contributed by atoms with Crippen molar-refractivity contribution in [2.45, 2.75) is 44.3 Å². The van der Waals surface area contributed by atoms with Gasteiger partial charge >= 0.3 is 6.18 Å². The van der Waals surface area contributed by atoms with Gasteiger partial charge in [-0.2, -0.15) is 13.2 Å². The molecule has 0 bridgehead atoms. The smallest absolute Gasteiger partial charge is 0.330 e. The standard InChI is InChI=1S/C18H23F3N2O/c19-18(20,21)15-6-4-5-14(13-15)17(24)23-11-9-22(10-12-23)16-7-2-1-3-8-16/h4-6,13,16H,1-3,7-12H2/p+1. The molecule has 3 nitrogen and oxygen atoms in total. The first-order valence-corrected chi connectivity index (χ1v) is 8.76. The number of hydrogen-bond donors (Lipinski definition) is 1. The van der Waals surface area contributed by atoms with Crippen molar-refractivity contribution < 1.29 is 22.9 Å². The highest BCUT2D eigenvalue weighted by molar-refractivity contribution is 5.94. The van der Waals surface area contributed by atoms with Gasteiger partial charge in [-0.15, -0.1) is 0 Å². The Bertz CT molecular complexity index is 574. The average Bonchev–Trinajstić information content (AvgIpc) is 2.61. The summed E-state index contributed by atoms with van der Waals surface area (Å²) < 4.78 is 38.4. The molecule has 0 unspecified atom stereocenters. The summed E-state index contributed by atoms with van der Waals surface area (Å²) in [5, 5.41) is 0. The molecule has 0 aromatic heterocycles.